The number of carbonyl (C=O) groups excluding carboxylic acids is 1. The Morgan fingerprint density at radius 3 is 2.61 bits per heavy atom. The molecular formula is C26H29ClFN5O2S. The van der Waals surface area contributed by atoms with Gasteiger partial charge in [-0.25, -0.2) is 24.1 Å². The summed E-state index contributed by atoms with van der Waals surface area (Å²) in [5.74, 6) is -0.236. The quantitative estimate of drug-likeness (QED) is 0.306. The van der Waals surface area contributed by atoms with Crippen molar-refractivity contribution in [3.8, 4) is 21.8 Å². The largest absolute Gasteiger partial charge is 0.444 e. The van der Waals surface area contributed by atoms with Crippen LogP contribution in [0.1, 0.15) is 57.4 Å². The molecular weight excluding hydrogens is 501 g/mol. The van der Waals surface area contributed by atoms with Crippen LogP contribution in [0.2, 0.25) is 5.28 Å². The lowest BCUT2D eigenvalue weighted by atomic mass is 9.66. The molecule has 2 aromatic heterocycles. The second-order valence-electron chi connectivity index (χ2n) is 10.8. The second kappa shape index (κ2) is 9.27. The number of nitrogens with two attached hydrogens (primary N) is 1. The summed E-state index contributed by atoms with van der Waals surface area (Å²) in [6, 6.07) is 6.70. The number of anilines is 1. The fourth-order valence-electron chi connectivity index (χ4n) is 5.07. The summed E-state index contributed by atoms with van der Waals surface area (Å²) < 4.78 is 20.5. The number of nitrogen functional groups attached to an aromatic ring is 1. The van der Waals surface area contributed by atoms with Crippen LogP contribution in [0.3, 0.4) is 0 Å². The minimum Gasteiger partial charge on any atom is -0.444 e. The van der Waals surface area contributed by atoms with Gasteiger partial charge in [0.2, 0.25) is 5.28 Å². The molecule has 0 atom stereocenters. The van der Waals surface area contributed by atoms with Crippen molar-refractivity contribution in [1.82, 2.24) is 19.9 Å². The van der Waals surface area contributed by atoms with Gasteiger partial charge in [-0.1, -0.05) is 6.07 Å². The van der Waals surface area contributed by atoms with Gasteiger partial charge in [0.05, 0.1) is 27.0 Å². The zero-order chi connectivity index (χ0) is 25.7. The van der Waals surface area contributed by atoms with Crippen LogP contribution in [0.5, 0.6) is 0 Å². The Hall–Kier alpha value is -2.78. The predicted octanol–water partition coefficient (Wildman–Crippen LogP) is 6.54. The lowest BCUT2D eigenvalue weighted by Gasteiger charge is -2.53. The van der Waals surface area contributed by atoms with E-state index >= 15 is 4.39 Å². The number of likely N-dealkylation sites (tertiary alicyclic amines) is 1. The summed E-state index contributed by atoms with van der Waals surface area (Å²) in [5, 5.41) is 1.08. The lowest BCUT2D eigenvalue weighted by Crippen LogP contribution is -2.60. The van der Waals surface area contributed by atoms with E-state index < -0.39 is 11.4 Å². The van der Waals surface area contributed by atoms with Crippen LogP contribution in [0, 0.1) is 11.2 Å². The fraction of sp³-hybridized carbons (Fsp3) is 0.462. The van der Waals surface area contributed by atoms with E-state index in [-0.39, 0.29) is 28.4 Å². The topological polar surface area (TPSA) is 94.2 Å². The molecule has 2 fully saturated rings. The number of rotatable bonds is 3. The van der Waals surface area contributed by atoms with Gasteiger partial charge in [0.25, 0.3) is 0 Å². The van der Waals surface area contributed by atoms with Crippen molar-refractivity contribution < 1.29 is 13.9 Å². The summed E-state index contributed by atoms with van der Waals surface area (Å²) in [4.78, 5) is 28.2. The Labute approximate surface area is 218 Å². The molecule has 1 aromatic carbocycles. The van der Waals surface area contributed by atoms with Gasteiger partial charge >= 0.3 is 6.09 Å². The number of nitrogens with zero attached hydrogens (tertiary/aromatic N) is 4. The van der Waals surface area contributed by atoms with Gasteiger partial charge < -0.3 is 15.4 Å². The number of amides is 1. The molecule has 1 amide bonds. The maximum atomic E-state index is 15.0. The fourth-order valence-corrected chi connectivity index (χ4v) is 6.44. The van der Waals surface area contributed by atoms with Crippen molar-refractivity contribution in [2.45, 2.75) is 58.0 Å². The van der Waals surface area contributed by atoms with Crippen molar-refractivity contribution in [3.63, 3.8) is 0 Å². The zero-order valence-corrected chi connectivity index (χ0v) is 22.1. The molecule has 2 N–H and O–H groups in total. The standard InChI is InChI=1S/C26H29ClFN5O2S/c1-25(2,3)35-24(34)33-13-26(14-33)10-7-15(8-11-26)22-32-20(16-5-4-6-17(29)19(16)28)21(36-22)18-9-12-30-23(27)31-18/h4-6,9,12,15H,7-8,10-11,13-14,29H2,1-3H3. The van der Waals surface area contributed by atoms with E-state index in [1.165, 1.54) is 17.4 Å². The van der Waals surface area contributed by atoms with E-state index in [4.69, 9.17) is 27.1 Å². The molecule has 7 nitrogen and oxygen atoms in total. The molecule has 10 heteroatoms. The zero-order valence-electron chi connectivity index (χ0n) is 20.6. The van der Waals surface area contributed by atoms with E-state index in [1.807, 2.05) is 20.8 Å². The van der Waals surface area contributed by atoms with Gasteiger partial charge in [-0.3, -0.25) is 0 Å². The number of thiazole rings is 1. The smallest absolute Gasteiger partial charge is 0.410 e. The van der Waals surface area contributed by atoms with Gasteiger partial charge in [0, 0.05) is 36.2 Å². The third-order valence-electron chi connectivity index (χ3n) is 6.89. The number of hydrogen-bond acceptors (Lipinski definition) is 7. The highest BCUT2D eigenvalue weighted by molar-refractivity contribution is 7.15. The van der Waals surface area contributed by atoms with Gasteiger partial charge in [0.15, 0.2) is 5.82 Å². The number of carbonyl (C=O) groups is 1. The maximum absolute atomic E-state index is 15.0. The predicted molar refractivity (Wildman–Crippen MR) is 139 cm³/mol. The summed E-state index contributed by atoms with van der Waals surface area (Å²) in [6.07, 6.45) is 5.27. The summed E-state index contributed by atoms with van der Waals surface area (Å²) in [5.41, 5.74) is 7.07. The van der Waals surface area contributed by atoms with Crippen molar-refractivity contribution in [2.75, 3.05) is 18.8 Å². The summed E-state index contributed by atoms with van der Waals surface area (Å²) >= 11 is 7.58. The lowest BCUT2D eigenvalue weighted by molar-refractivity contribution is -0.0506. The van der Waals surface area contributed by atoms with E-state index in [0.29, 0.717) is 17.0 Å². The van der Waals surface area contributed by atoms with E-state index in [2.05, 4.69) is 9.97 Å². The van der Waals surface area contributed by atoms with Crippen LogP contribution in [-0.2, 0) is 4.74 Å². The Bertz CT molecular complexity index is 1290. The third kappa shape index (κ3) is 4.91. The molecule has 5 rings (SSSR count). The highest BCUT2D eigenvalue weighted by Gasteiger charge is 2.48. The average Bonchev–Trinajstić information content (AvgIpc) is 3.23. The average molecular weight is 530 g/mol. The first kappa shape index (κ1) is 24.9. The Balaban J connectivity index is 1.36. The third-order valence-corrected chi connectivity index (χ3v) is 8.31. The monoisotopic (exact) mass is 529 g/mol. The van der Waals surface area contributed by atoms with Crippen molar-refractivity contribution >= 4 is 34.7 Å². The Morgan fingerprint density at radius 2 is 1.94 bits per heavy atom. The molecule has 36 heavy (non-hydrogen) atoms. The molecule has 1 aliphatic carbocycles. The molecule has 2 aliphatic rings. The van der Waals surface area contributed by atoms with Crippen LogP contribution in [0.25, 0.3) is 21.8 Å². The van der Waals surface area contributed by atoms with Crippen molar-refractivity contribution in [3.05, 3.63) is 46.6 Å². The van der Waals surface area contributed by atoms with Crippen LogP contribution in [0.15, 0.2) is 30.5 Å². The first-order chi connectivity index (χ1) is 17.0. The minimum absolute atomic E-state index is 0.0767. The normalized spacial score (nSPS) is 17.8. The SMILES string of the molecule is CC(C)(C)OC(=O)N1CC2(CCC(c3nc(-c4cccc(N)c4F)c(-c4ccnc(Cl)n4)s3)CC2)C1. The first-order valence-corrected chi connectivity index (χ1v) is 13.2. The second-order valence-corrected chi connectivity index (χ2v) is 12.1. The van der Waals surface area contributed by atoms with E-state index in [1.54, 1.807) is 29.3 Å². The highest BCUT2D eigenvalue weighted by atomic mass is 35.5. The number of hydrogen-bond donors (Lipinski definition) is 1. The van der Waals surface area contributed by atoms with Crippen LogP contribution >= 0.6 is 22.9 Å². The van der Waals surface area contributed by atoms with Gasteiger partial charge in [-0.05, 0) is 76.3 Å². The molecule has 1 aliphatic heterocycles. The van der Waals surface area contributed by atoms with E-state index in [9.17, 15) is 4.79 Å². The van der Waals surface area contributed by atoms with Crippen LogP contribution < -0.4 is 5.73 Å². The molecule has 3 aromatic rings. The molecule has 1 saturated heterocycles. The van der Waals surface area contributed by atoms with Crippen LogP contribution in [-0.4, -0.2) is 44.6 Å². The van der Waals surface area contributed by atoms with Gasteiger partial charge in [-0.15, -0.1) is 11.3 Å². The number of halogens is 2. The molecule has 3 heterocycles. The van der Waals surface area contributed by atoms with Crippen molar-refractivity contribution in [2.24, 2.45) is 5.41 Å². The minimum atomic E-state index is -0.492. The van der Waals surface area contributed by atoms with E-state index in [0.717, 1.165) is 48.7 Å². The Morgan fingerprint density at radius 1 is 1.22 bits per heavy atom. The number of aromatic nitrogens is 3. The van der Waals surface area contributed by atoms with Gasteiger partial charge in [0.1, 0.15) is 5.60 Å². The molecule has 190 valence electrons. The van der Waals surface area contributed by atoms with Crippen LogP contribution in [0.4, 0.5) is 14.9 Å². The maximum Gasteiger partial charge on any atom is 0.410 e. The molecule has 0 radical (unpaired) electrons. The van der Waals surface area contributed by atoms with Crippen molar-refractivity contribution in [1.29, 1.82) is 0 Å². The Kier molecular flexibility index (Phi) is 6.41. The first-order valence-electron chi connectivity index (χ1n) is 12.1. The summed E-state index contributed by atoms with van der Waals surface area (Å²) in [7, 11) is 0. The summed E-state index contributed by atoms with van der Waals surface area (Å²) in [6.45, 7) is 7.11. The number of benzene rings is 1. The number of ether oxygens (including phenoxy) is 1. The highest BCUT2D eigenvalue weighted by Crippen LogP contribution is 2.50. The van der Waals surface area contributed by atoms with Gasteiger partial charge in [-0.2, -0.15) is 0 Å². The molecule has 1 saturated carbocycles. The molecule has 1 spiro atoms. The molecule has 0 unspecified atom stereocenters. The molecule has 0 bridgehead atoms.